The van der Waals surface area contributed by atoms with Gasteiger partial charge in [0, 0.05) is 57.2 Å². The normalized spacial score (nSPS) is 16.5. The van der Waals surface area contributed by atoms with Crippen LogP contribution in [0.5, 0.6) is 5.75 Å². The van der Waals surface area contributed by atoms with Crippen molar-refractivity contribution < 1.29 is 26.9 Å². The number of carbonyl (C=O) groups is 1. The third-order valence-electron chi connectivity index (χ3n) is 5.18. The first-order chi connectivity index (χ1) is 14.3. The van der Waals surface area contributed by atoms with Crippen LogP contribution in [0.4, 0.5) is 5.69 Å². The predicted octanol–water partition coefficient (Wildman–Crippen LogP) is 2.42. The van der Waals surface area contributed by atoms with Gasteiger partial charge < -0.3 is 23.5 Å². The van der Waals surface area contributed by atoms with Gasteiger partial charge in [-0.15, -0.1) is 0 Å². The molecule has 0 aromatic heterocycles. The van der Waals surface area contributed by atoms with Crippen molar-refractivity contribution in [2.45, 2.75) is 46.3 Å². The molecule has 1 unspecified atom stereocenters. The maximum atomic E-state index is 12.6. The van der Waals surface area contributed by atoms with Gasteiger partial charge in [0.25, 0.3) is 0 Å². The SMILES string of the molecule is CCN(CC)c1ccc(CN(CC2CCCO2)C(=O)COC)c(OS(=O)(=O)CC)c1. The van der Waals surface area contributed by atoms with E-state index in [1.165, 1.54) is 14.0 Å². The fourth-order valence-electron chi connectivity index (χ4n) is 3.44. The highest BCUT2D eigenvalue weighted by Gasteiger charge is 2.25. The van der Waals surface area contributed by atoms with Gasteiger partial charge in [-0.05, 0) is 39.7 Å². The summed E-state index contributed by atoms with van der Waals surface area (Å²) in [7, 11) is -2.24. The van der Waals surface area contributed by atoms with Crippen LogP contribution in [0.25, 0.3) is 0 Å². The van der Waals surface area contributed by atoms with Gasteiger partial charge in [0.15, 0.2) is 0 Å². The van der Waals surface area contributed by atoms with Crippen LogP contribution in [0, 0.1) is 0 Å². The smallest absolute Gasteiger partial charge is 0.308 e. The molecule has 30 heavy (non-hydrogen) atoms. The van der Waals surface area contributed by atoms with Gasteiger partial charge >= 0.3 is 10.1 Å². The van der Waals surface area contributed by atoms with Crippen molar-refractivity contribution in [3.63, 3.8) is 0 Å². The third-order valence-corrected chi connectivity index (χ3v) is 6.32. The first-order valence-corrected chi connectivity index (χ1v) is 12.1. The van der Waals surface area contributed by atoms with Crippen LogP contribution in [0.3, 0.4) is 0 Å². The van der Waals surface area contributed by atoms with E-state index in [-0.39, 0.29) is 36.7 Å². The van der Waals surface area contributed by atoms with Crippen molar-refractivity contribution in [3.8, 4) is 5.75 Å². The number of hydrogen-bond donors (Lipinski definition) is 0. The van der Waals surface area contributed by atoms with E-state index in [1.54, 1.807) is 11.0 Å². The number of ether oxygens (including phenoxy) is 2. The number of amides is 1. The van der Waals surface area contributed by atoms with E-state index in [2.05, 4.69) is 4.90 Å². The highest BCUT2D eigenvalue weighted by atomic mass is 32.2. The molecular weight excluding hydrogens is 408 g/mol. The lowest BCUT2D eigenvalue weighted by molar-refractivity contribution is -0.137. The number of methoxy groups -OCH3 is 1. The zero-order chi connectivity index (χ0) is 22.1. The van der Waals surface area contributed by atoms with Gasteiger partial charge in [0.1, 0.15) is 12.4 Å². The quantitative estimate of drug-likeness (QED) is 0.460. The summed E-state index contributed by atoms with van der Waals surface area (Å²) in [5.74, 6) is -0.0570. The molecule has 9 heteroatoms. The Morgan fingerprint density at radius 2 is 1.97 bits per heavy atom. The van der Waals surface area contributed by atoms with Gasteiger partial charge in [-0.2, -0.15) is 8.42 Å². The molecule has 0 spiro atoms. The van der Waals surface area contributed by atoms with E-state index in [1.807, 2.05) is 26.0 Å². The van der Waals surface area contributed by atoms with E-state index in [0.29, 0.717) is 18.7 Å². The van der Waals surface area contributed by atoms with E-state index in [4.69, 9.17) is 13.7 Å². The van der Waals surface area contributed by atoms with Gasteiger partial charge in [-0.3, -0.25) is 4.79 Å². The Morgan fingerprint density at radius 3 is 2.53 bits per heavy atom. The van der Waals surface area contributed by atoms with E-state index in [9.17, 15) is 13.2 Å². The molecule has 0 bridgehead atoms. The fourth-order valence-corrected chi connectivity index (χ4v) is 3.99. The number of nitrogens with zero attached hydrogens (tertiary/aromatic N) is 2. The molecule has 170 valence electrons. The zero-order valence-electron chi connectivity index (χ0n) is 18.4. The summed E-state index contributed by atoms with van der Waals surface area (Å²) in [6.45, 7) is 8.47. The molecule has 1 saturated heterocycles. The molecular formula is C21H34N2O6S. The van der Waals surface area contributed by atoms with Crippen LogP contribution in [-0.4, -0.2) is 71.0 Å². The van der Waals surface area contributed by atoms with Crippen LogP contribution in [0.15, 0.2) is 18.2 Å². The minimum absolute atomic E-state index is 0.0236. The third kappa shape index (κ3) is 6.85. The van der Waals surface area contributed by atoms with Gasteiger partial charge in [0.05, 0.1) is 11.9 Å². The summed E-state index contributed by atoms with van der Waals surface area (Å²) in [5, 5.41) is 0. The largest absolute Gasteiger partial charge is 0.382 e. The molecule has 1 aromatic rings. The average molecular weight is 443 g/mol. The second-order valence-corrected chi connectivity index (χ2v) is 9.10. The lowest BCUT2D eigenvalue weighted by atomic mass is 10.1. The molecule has 1 heterocycles. The second kappa shape index (κ2) is 11.5. The first kappa shape index (κ1) is 24.4. The Balaban J connectivity index is 2.35. The number of hydrogen-bond acceptors (Lipinski definition) is 7. The van der Waals surface area contributed by atoms with Crippen molar-refractivity contribution in [3.05, 3.63) is 23.8 Å². The number of rotatable bonds is 12. The Labute approximate surface area is 180 Å². The number of carbonyl (C=O) groups excluding carboxylic acids is 1. The Hall–Kier alpha value is -1.84. The van der Waals surface area contributed by atoms with Gasteiger partial charge in [-0.25, -0.2) is 0 Å². The van der Waals surface area contributed by atoms with Crippen molar-refractivity contribution in [1.29, 1.82) is 0 Å². The second-order valence-electron chi connectivity index (χ2n) is 7.24. The van der Waals surface area contributed by atoms with Crippen molar-refractivity contribution >= 4 is 21.7 Å². The minimum atomic E-state index is -3.71. The van der Waals surface area contributed by atoms with E-state index in [0.717, 1.165) is 31.6 Å². The van der Waals surface area contributed by atoms with Crippen molar-refractivity contribution in [2.75, 3.05) is 50.6 Å². The zero-order valence-corrected chi connectivity index (χ0v) is 19.2. The van der Waals surface area contributed by atoms with E-state index < -0.39 is 10.1 Å². The summed E-state index contributed by atoms with van der Waals surface area (Å²) in [6.07, 6.45) is 1.84. The molecule has 0 saturated carbocycles. The topological polar surface area (TPSA) is 85.4 Å². The van der Waals surface area contributed by atoms with Crippen molar-refractivity contribution in [2.24, 2.45) is 0 Å². The highest BCUT2D eigenvalue weighted by molar-refractivity contribution is 7.87. The predicted molar refractivity (Wildman–Crippen MR) is 116 cm³/mol. The molecule has 1 aromatic carbocycles. The van der Waals surface area contributed by atoms with Crippen LogP contribution in [0.2, 0.25) is 0 Å². The Bertz CT molecular complexity index is 789. The summed E-state index contributed by atoms with van der Waals surface area (Å²) in [4.78, 5) is 16.4. The monoisotopic (exact) mass is 442 g/mol. The summed E-state index contributed by atoms with van der Waals surface area (Å²) >= 11 is 0. The molecule has 1 atom stereocenters. The van der Waals surface area contributed by atoms with Crippen LogP contribution in [0.1, 0.15) is 39.2 Å². The molecule has 1 aliphatic heterocycles. The Morgan fingerprint density at radius 1 is 1.23 bits per heavy atom. The molecule has 2 rings (SSSR count). The number of anilines is 1. The molecule has 8 nitrogen and oxygen atoms in total. The maximum absolute atomic E-state index is 12.6. The van der Waals surface area contributed by atoms with Crippen LogP contribution in [-0.2, 0) is 30.9 Å². The first-order valence-electron chi connectivity index (χ1n) is 10.5. The van der Waals surface area contributed by atoms with Gasteiger partial charge in [0.2, 0.25) is 5.91 Å². The van der Waals surface area contributed by atoms with E-state index >= 15 is 0 Å². The standard InChI is InChI=1S/C21H34N2O6S/c1-5-22(6-2)18-11-10-17(20(13-18)29-30(25,26)7-3)14-23(21(24)16-27-4)15-19-9-8-12-28-19/h10-11,13,19H,5-9,12,14-16H2,1-4H3. The molecule has 1 amide bonds. The molecule has 1 fully saturated rings. The number of benzene rings is 1. The van der Waals surface area contributed by atoms with Gasteiger partial charge in [-0.1, -0.05) is 6.07 Å². The van der Waals surface area contributed by atoms with Crippen LogP contribution >= 0.6 is 0 Å². The lowest BCUT2D eigenvalue weighted by Gasteiger charge is -2.27. The minimum Gasteiger partial charge on any atom is -0.382 e. The molecule has 0 aliphatic carbocycles. The fraction of sp³-hybridized carbons (Fsp3) is 0.667. The highest BCUT2D eigenvalue weighted by Crippen LogP contribution is 2.29. The molecule has 0 radical (unpaired) electrons. The summed E-state index contributed by atoms with van der Waals surface area (Å²) in [5.41, 5.74) is 1.50. The lowest BCUT2D eigenvalue weighted by Crippen LogP contribution is -2.39. The molecule has 0 N–H and O–H groups in total. The van der Waals surface area contributed by atoms with Crippen molar-refractivity contribution in [1.82, 2.24) is 4.90 Å². The Kier molecular flexibility index (Phi) is 9.38. The average Bonchev–Trinajstić information content (AvgIpc) is 3.23. The summed E-state index contributed by atoms with van der Waals surface area (Å²) in [6, 6.07) is 5.50. The van der Waals surface area contributed by atoms with Crippen LogP contribution < -0.4 is 9.08 Å². The maximum Gasteiger partial charge on any atom is 0.308 e. The summed E-state index contributed by atoms with van der Waals surface area (Å²) < 4.78 is 40.5. The molecule has 1 aliphatic rings.